The molecule has 2 aromatic carbocycles. The van der Waals surface area contributed by atoms with E-state index in [1.165, 1.54) is 36.4 Å². The number of amides is 1. The Morgan fingerprint density at radius 1 is 1.06 bits per heavy atom. The van der Waals surface area contributed by atoms with Crippen LogP contribution in [-0.4, -0.2) is 29.4 Å². The van der Waals surface area contributed by atoms with E-state index in [4.69, 9.17) is 0 Å². The molecule has 0 bridgehead atoms. The number of fused-ring (bicyclic) bond motifs is 1. The lowest BCUT2D eigenvalue weighted by Crippen LogP contribution is -2.40. The van der Waals surface area contributed by atoms with Gasteiger partial charge in [0.25, 0.3) is 0 Å². The minimum atomic E-state index is -4.74. The van der Waals surface area contributed by atoms with Crippen LogP contribution < -0.4 is 10.0 Å². The van der Waals surface area contributed by atoms with E-state index in [0.29, 0.717) is 0 Å². The van der Waals surface area contributed by atoms with E-state index in [-0.39, 0.29) is 21.6 Å². The molecule has 0 saturated heterocycles. The smallest absolute Gasteiger partial charge is 0.324 e. The number of sulfonamides is 1. The number of hydrogen-bond donors (Lipinski definition) is 2. The maximum Gasteiger partial charge on any atom is 0.449 e. The Labute approximate surface area is 177 Å². The second kappa shape index (κ2) is 7.97. The van der Waals surface area contributed by atoms with E-state index in [0.717, 1.165) is 4.57 Å². The molecule has 3 rings (SSSR count). The van der Waals surface area contributed by atoms with Gasteiger partial charge in [0.2, 0.25) is 21.8 Å². The summed E-state index contributed by atoms with van der Waals surface area (Å²) in [6, 6.07) is 11.4. The summed E-state index contributed by atoms with van der Waals surface area (Å²) in [5.41, 5.74) is -0.298. The lowest BCUT2D eigenvalue weighted by molar-refractivity contribution is -0.147. The second-order valence-electron chi connectivity index (χ2n) is 7.94. The number of nitrogens with zero attached hydrogens (tertiary/aromatic N) is 2. The Morgan fingerprint density at radius 2 is 1.74 bits per heavy atom. The fourth-order valence-electron chi connectivity index (χ4n) is 3.00. The van der Waals surface area contributed by atoms with Crippen molar-refractivity contribution in [1.29, 1.82) is 0 Å². The average Bonchev–Trinajstić information content (AvgIpc) is 2.99. The topological polar surface area (TPSA) is 93.1 Å². The molecule has 0 unspecified atom stereocenters. The third-order valence-electron chi connectivity index (χ3n) is 4.08. The number of carbonyl (C=O) groups is 1. The number of rotatable bonds is 5. The number of alkyl halides is 3. The van der Waals surface area contributed by atoms with Crippen LogP contribution in [0.4, 0.5) is 18.9 Å². The van der Waals surface area contributed by atoms with Gasteiger partial charge in [0, 0.05) is 11.2 Å². The first-order valence-corrected chi connectivity index (χ1v) is 10.7. The minimum Gasteiger partial charge on any atom is -0.324 e. The monoisotopic (exact) mass is 454 g/mol. The zero-order chi connectivity index (χ0) is 23.0. The Hall–Kier alpha value is -2.92. The molecule has 0 aliphatic carbocycles. The van der Waals surface area contributed by atoms with Gasteiger partial charge in [-0.2, -0.15) is 13.2 Å². The SMILES string of the molecule is CC(C)(C)NS(=O)(=O)c1cccc(NC(=O)Cn2c(C(F)(F)F)nc3ccccc32)c1. The number of halogens is 3. The van der Waals surface area contributed by atoms with E-state index in [2.05, 4.69) is 15.0 Å². The molecule has 31 heavy (non-hydrogen) atoms. The molecule has 0 fully saturated rings. The standard InChI is InChI=1S/C20H21F3N4O3S/c1-19(2,3)26-31(29,30)14-8-6-7-13(11-14)24-17(28)12-27-16-10-5-4-9-15(16)25-18(27)20(21,22)23/h4-11,26H,12H2,1-3H3,(H,24,28). The van der Waals surface area contributed by atoms with Crippen LogP contribution >= 0.6 is 0 Å². The van der Waals surface area contributed by atoms with Crippen molar-refractivity contribution < 1.29 is 26.4 Å². The third kappa shape index (κ3) is 5.42. The molecule has 11 heteroatoms. The number of carbonyl (C=O) groups excluding carboxylic acids is 1. The van der Waals surface area contributed by atoms with Crippen LogP contribution in [0.5, 0.6) is 0 Å². The lowest BCUT2D eigenvalue weighted by Gasteiger charge is -2.20. The first kappa shape index (κ1) is 22.8. The van der Waals surface area contributed by atoms with Crippen LogP contribution in [-0.2, 0) is 27.5 Å². The number of imidazole rings is 1. The van der Waals surface area contributed by atoms with Gasteiger partial charge < -0.3 is 9.88 Å². The number of aromatic nitrogens is 2. The Morgan fingerprint density at radius 3 is 2.39 bits per heavy atom. The molecular formula is C20H21F3N4O3S. The molecule has 7 nitrogen and oxygen atoms in total. The van der Waals surface area contributed by atoms with Crippen molar-refractivity contribution in [3.8, 4) is 0 Å². The van der Waals surface area contributed by atoms with Gasteiger partial charge >= 0.3 is 6.18 Å². The fraction of sp³-hybridized carbons (Fsp3) is 0.300. The molecule has 0 aliphatic rings. The van der Waals surface area contributed by atoms with Gasteiger partial charge in [-0.05, 0) is 51.1 Å². The van der Waals surface area contributed by atoms with Crippen LogP contribution in [0, 0.1) is 0 Å². The molecule has 1 heterocycles. The Bertz CT molecular complexity index is 1230. The first-order chi connectivity index (χ1) is 14.3. The van der Waals surface area contributed by atoms with Crippen LogP contribution in [0.2, 0.25) is 0 Å². The molecule has 0 atom stereocenters. The van der Waals surface area contributed by atoms with E-state index in [1.807, 2.05) is 0 Å². The van der Waals surface area contributed by atoms with Crippen molar-refractivity contribution in [1.82, 2.24) is 14.3 Å². The zero-order valence-corrected chi connectivity index (χ0v) is 17.8. The molecule has 1 amide bonds. The molecular weight excluding hydrogens is 433 g/mol. The molecule has 2 N–H and O–H groups in total. The van der Waals surface area contributed by atoms with Crippen molar-refractivity contribution in [2.24, 2.45) is 0 Å². The summed E-state index contributed by atoms with van der Waals surface area (Å²) in [5, 5.41) is 2.45. The predicted octanol–water partition coefficient (Wildman–Crippen LogP) is 3.77. The summed E-state index contributed by atoms with van der Waals surface area (Å²) in [6.07, 6.45) is -4.74. The highest BCUT2D eigenvalue weighted by molar-refractivity contribution is 7.89. The molecule has 166 valence electrons. The van der Waals surface area contributed by atoms with Gasteiger partial charge in [0.15, 0.2) is 0 Å². The highest BCUT2D eigenvalue weighted by Gasteiger charge is 2.38. The molecule has 0 saturated carbocycles. The Balaban J connectivity index is 1.86. The third-order valence-corrected chi connectivity index (χ3v) is 5.83. The zero-order valence-electron chi connectivity index (χ0n) is 17.0. The van der Waals surface area contributed by atoms with E-state index >= 15 is 0 Å². The van der Waals surface area contributed by atoms with Gasteiger partial charge in [-0.3, -0.25) is 4.79 Å². The summed E-state index contributed by atoms with van der Waals surface area (Å²) in [5.74, 6) is -1.94. The van der Waals surface area contributed by atoms with Crippen molar-refractivity contribution in [2.45, 2.75) is 43.9 Å². The maximum absolute atomic E-state index is 13.4. The van der Waals surface area contributed by atoms with Gasteiger partial charge in [0.1, 0.15) is 6.54 Å². The number of para-hydroxylation sites is 2. The molecule has 0 spiro atoms. The van der Waals surface area contributed by atoms with Crippen molar-refractivity contribution in [2.75, 3.05) is 5.32 Å². The number of hydrogen-bond acceptors (Lipinski definition) is 4. The number of anilines is 1. The van der Waals surface area contributed by atoms with Crippen molar-refractivity contribution in [3.05, 3.63) is 54.4 Å². The molecule has 1 aromatic heterocycles. The normalized spacial score (nSPS) is 12.8. The number of nitrogens with one attached hydrogen (secondary N) is 2. The van der Waals surface area contributed by atoms with E-state index in [9.17, 15) is 26.4 Å². The van der Waals surface area contributed by atoms with Gasteiger partial charge in [-0.1, -0.05) is 18.2 Å². The van der Waals surface area contributed by atoms with Crippen LogP contribution in [0.15, 0.2) is 53.4 Å². The average molecular weight is 454 g/mol. The molecule has 0 aliphatic heterocycles. The van der Waals surface area contributed by atoms with E-state index in [1.54, 1.807) is 32.9 Å². The molecule has 3 aromatic rings. The van der Waals surface area contributed by atoms with Gasteiger partial charge in [-0.25, -0.2) is 18.1 Å². The number of benzene rings is 2. The lowest BCUT2D eigenvalue weighted by atomic mass is 10.1. The van der Waals surface area contributed by atoms with Crippen LogP contribution in [0.25, 0.3) is 11.0 Å². The van der Waals surface area contributed by atoms with Crippen molar-refractivity contribution in [3.63, 3.8) is 0 Å². The predicted molar refractivity (Wildman–Crippen MR) is 110 cm³/mol. The van der Waals surface area contributed by atoms with Crippen molar-refractivity contribution >= 4 is 32.7 Å². The summed E-state index contributed by atoms with van der Waals surface area (Å²) < 4.78 is 68.4. The first-order valence-electron chi connectivity index (χ1n) is 9.23. The maximum atomic E-state index is 13.4. The summed E-state index contributed by atoms with van der Waals surface area (Å²) in [7, 11) is -3.85. The van der Waals surface area contributed by atoms with E-state index < -0.39 is 40.0 Å². The van der Waals surface area contributed by atoms with Gasteiger partial charge in [-0.15, -0.1) is 0 Å². The summed E-state index contributed by atoms with van der Waals surface area (Å²) >= 11 is 0. The molecule has 0 radical (unpaired) electrons. The van der Waals surface area contributed by atoms with Crippen LogP contribution in [0.1, 0.15) is 26.6 Å². The highest BCUT2D eigenvalue weighted by atomic mass is 32.2. The van der Waals surface area contributed by atoms with Crippen LogP contribution in [0.3, 0.4) is 0 Å². The Kier molecular flexibility index (Phi) is 5.85. The van der Waals surface area contributed by atoms with Gasteiger partial charge in [0.05, 0.1) is 15.9 Å². The summed E-state index contributed by atoms with van der Waals surface area (Å²) in [4.78, 5) is 16.0. The fourth-order valence-corrected chi connectivity index (χ4v) is 4.46. The second-order valence-corrected chi connectivity index (χ2v) is 9.62. The summed E-state index contributed by atoms with van der Waals surface area (Å²) in [6.45, 7) is 4.41. The quantitative estimate of drug-likeness (QED) is 0.614. The highest BCUT2D eigenvalue weighted by Crippen LogP contribution is 2.31. The minimum absolute atomic E-state index is 0.0794. The largest absolute Gasteiger partial charge is 0.449 e.